The first-order valence-electron chi connectivity index (χ1n) is 10.0. The lowest BCUT2D eigenvalue weighted by Gasteiger charge is -2.29. The zero-order valence-corrected chi connectivity index (χ0v) is 20.4. The van der Waals surface area contributed by atoms with Gasteiger partial charge in [-0.15, -0.1) is 0 Å². The first kappa shape index (κ1) is 24.8. The van der Waals surface area contributed by atoms with Crippen LogP contribution in [0.4, 0.5) is 5.69 Å². The van der Waals surface area contributed by atoms with Crippen LogP contribution in [0.15, 0.2) is 42.5 Å². The van der Waals surface area contributed by atoms with Gasteiger partial charge in [0.05, 0.1) is 13.2 Å². The van der Waals surface area contributed by atoms with E-state index in [0.29, 0.717) is 36.3 Å². The maximum atomic E-state index is 13.1. The molecule has 2 aromatic carbocycles. The van der Waals surface area contributed by atoms with Crippen molar-refractivity contribution in [2.24, 2.45) is 0 Å². The zero-order valence-electron chi connectivity index (χ0n) is 18.0. The lowest BCUT2D eigenvalue weighted by Crippen LogP contribution is -2.37. The predicted molar refractivity (Wildman–Crippen MR) is 130 cm³/mol. The maximum absolute atomic E-state index is 13.1. The van der Waals surface area contributed by atoms with Gasteiger partial charge in [0.1, 0.15) is 6.29 Å². The van der Waals surface area contributed by atoms with Crippen molar-refractivity contribution >= 4 is 42.2 Å². The molecule has 0 aliphatic carbocycles. The largest absolute Gasteiger partial charge is 0.349 e. The van der Waals surface area contributed by atoms with Crippen LogP contribution in [-0.2, 0) is 20.0 Å². The van der Waals surface area contributed by atoms with Gasteiger partial charge >= 0.3 is 7.60 Å². The van der Waals surface area contributed by atoms with Crippen molar-refractivity contribution in [3.8, 4) is 0 Å². The lowest BCUT2D eigenvalue weighted by atomic mass is 10.1. The summed E-state index contributed by atoms with van der Waals surface area (Å²) in [6.07, 6.45) is 0.795. The molecule has 8 heteroatoms. The highest BCUT2D eigenvalue weighted by molar-refractivity contribution is 7.80. The molecule has 1 N–H and O–H groups in total. The summed E-state index contributed by atoms with van der Waals surface area (Å²) in [4.78, 5) is 1.85. The molecule has 0 aliphatic rings. The van der Waals surface area contributed by atoms with Crippen LogP contribution in [0.3, 0.4) is 0 Å². The predicted octanol–water partition coefficient (Wildman–Crippen LogP) is 6.42. The Kier molecular flexibility index (Phi) is 9.79. The molecule has 0 spiro atoms. The van der Waals surface area contributed by atoms with Crippen molar-refractivity contribution < 1.29 is 13.6 Å². The normalized spacial score (nSPS) is 11.4. The summed E-state index contributed by atoms with van der Waals surface area (Å²) in [5, 5.41) is 4.44. The van der Waals surface area contributed by atoms with Crippen molar-refractivity contribution in [2.75, 3.05) is 31.4 Å². The van der Waals surface area contributed by atoms with E-state index in [2.05, 4.69) is 19.2 Å². The van der Waals surface area contributed by atoms with Crippen LogP contribution in [0.5, 0.6) is 0 Å². The quantitative estimate of drug-likeness (QED) is 0.320. The van der Waals surface area contributed by atoms with E-state index in [1.807, 2.05) is 47.4 Å². The lowest BCUT2D eigenvalue weighted by molar-refractivity contribution is 0.210. The Morgan fingerprint density at radius 2 is 1.70 bits per heavy atom. The fourth-order valence-corrected chi connectivity index (χ4v) is 5.12. The fourth-order valence-electron chi connectivity index (χ4n) is 2.89. The molecule has 0 unspecified atom stereocenters. The number of hydrogen-bond acceptors (Lipinski definition) is 4. The zero-order chi connectivity index (χ0) is 22.1. The summed E-state index contributed by atoms with van der Waals surface area (Å²) in [6.45, 7) is 8.89. The van der Waals surface area contributed by atoms with E-state index in [1.54, 1.807) is 13.8 Å². The highest BCUT2D eigenvalue weighted by Gasteiger charge is 2.28. The summed E-state index contributed by atoms with van der Waals surface area (Å²) in [7, 11) is -3.30. The molecule has 0 fully saturated rings. The van der Waals surface area contributed by atoms with Gasteiger partial charge in [-0.1, -0.05) is 29.8 Å². The van der Waals surface area contributed by atoms with Gasteiger partial charge in [-0.3, -0.25) is 4.57 Å². The third kappa shape index (κ3) is 7.68. The van der Waals surface area contributed by atoms with Gasteiger partial charge in [-0.2, -0.15) is 0 Å². The van der Waals surface area contributed by atoms with Crippen LogP contribution in [0.25, 0.3) is 0 Å². The van der Waals surface area contributed by atoms with Crippen LogP contribution >= 0.6 is 31.4 Å². The van der Waals surface area contributed by atoms with E-state index in [4.69, 9.17) is 32.9 Å². The molecule has 0 atom stereocenters. The maximum Gasteiger partial charge on any atom is 0.349 e. The summed E-state index contributed by atoms with van der Waals surface area (Å²) >= 11 is 11.7. The Bertz CT molecular complexity index is 882. The highest BCUT2D eigenvalue weighted by atomic mass is 35.5. The second-order valence-electron chi connectivity index (χ2n) is 6.96. The summed E-state index contributed by atoms with van der Waals surface area (Å²) in [5.41, 5.74) is 4.39. The van der Waals surface area contributed by atoms with Gasteiger partial charge in [-0.05, 0) is 87.3 Å². The molecule has 0 saturated carbocycles. The Morgan fingerprint density at radius 3 is 2.27 bits per heavy atom. The van der Waals surface area contributed by atoms with Crippen LogP contribution in [0.1, 0.15) is 30.5 Å². The molecule has 0 aliphatic heterocycles. The smallest absolute Gasteiger partial charge is 0.337 e. The third-order valence-electron chi connectivity index (χ3n) is 4.62. The number of hydrogen-bond donors (Lipinski definition) is 1. The molecule has 0 radical (unpaired) electrons. The van der Waals surface area contributed by atoms with Gasteiger partial charge < -0.3 is 19.3 Å². The summed E-state index contributed by atoms with van der Waals surface area (Å²) in [5.74, 6) is 0. The van der Waals surface area contributed by atoms with Crippen LogP contribution < -0.4 is 5.32 Å². The van der Waals surface area contributed by atoms with E-state index in [1.165, 1.54) is 11.1 Å². The number of aryl methyl sites for hydroxylation is 2. The Morgan fingerprint density at radius 1 is 1.07 bits per heavy atom. The summed E-state index contributed by atoms with van der Waals surface area (Å²) < 4.78 is 24.1. The Balaban J connectivity index is 2.19. The van der Waals surface area contributed by atoms with E-state index in [0.717, 1.165) is 11.3 Å². The van der Waals surface area contributed by atoms with Crippen LogP contribution in [-0.4, -0.2) is 36.1 Å². The minimum absolute atomic E-state index is 0.0823. The molecule has 5 nitrogen and oxygen atoms in total. The van der Waals surface area contributed by atoms with Gasteiger partial charge in [0, 0.05) is 17.3 Å². The first-order valence-corrected chi connectivity index (χ1v) is 12.5. The third-order valence-corrected chi connectivity index (χ3v) is 7.23. The van der Waals surface area contributed by atoms with Crippen molar-refractivity contribution in [1.29, 1.82) is 0 Å². The number of halogens is 1. The first-order chi connectivity index (χ1) is 14.3. The minimum atomic E-state index is -3.30. The molecule has 2 rings (SSSR count). The van der Waals surface area contributed by atoms with Gasteiger partial charge in [-0.25, -0.2) is 0 Å². The molecule has 0 heterocycles. The molecule has 30 heavy (non-hydrogen) atoms. The molecule has 0 saturated heterocycles. The van der Waals surface area contributed by atoms with Gasteiger partial charge in [0.15, 0.2) is 5.11 Å². The molecule has 0 bridgehead atoms. The second-order valence-corrected chi connectivity index (χ2v) is 9.80. The van der Waals surface area contributed by atoms with Crippen molar-refractivity contribution in [2.45, 2.75) is 34.1 Å². The molecule has 164 valence electrons. The van der Waals surface area contributed by atoms with Crippen molar-refractivity contribution in [3.63, 3.8) is 0 Å². The molecule has 2 aromatic rings. The van der Waals surface area contributed by atoms with E-state index < -0.39 is 7.60 Å². The molecular weight excluding hydrogens is 439 g/mol. The number of nitrogens with zero attached hydrogens (tertiary/aromatic N) is 1. The number of benzene rings is 2. The van der Waals surface area contributed by atoms with Crippen molar-refractivity contribution in [3.05, 3.63) is 64.2 Å². The van der Waals surface area contributed by atoms with E-state index >= 15 is 0 Å². The van der Waals surface area contributed by atoms with Gasteiger partial charge in [0.25, 0.3) is 0 Å². The molecule has 0 aromatic heterocycles. The minimum Gasteiger partial charge on any atom is -0.337 e. The second kappa shape index (κ2) is 11.8. The van der Waals surface area contributed by atoms with Crippen molar-refractivity contribution in [1.82, 2.24) is 4.90 Å². The number of rotatable bonds is 10. The number of anilines is 1. The standard InChI is InChI=1S/C22H30ClN2O3PS/c1-5-27-29(26,28-6-2)16-25(14-13-19-8-10-20(23)11-9-19)22(30)24-21-12-7-17(3)18(4)15-21/h7-12,15H,5-6,13-14,16H2,1-4H3,(H,24,30). The van der Waals surface area contributed by atoms with Crippen LogP contribution in [0.2, 0.25) is 5.02 Å². The van der Waals surface area contributed by atoms with E-state index in [9.17, 15) is 4.57 Å². The number of thiocarbonyl (C=S) groups is 1. The Labute approximate surface area is 190 Å². The molecular formula is C22H30ClN2O3PS. The summed E-state index contributed by atoms with van der Waals surface area (Å²) in [6, 6.07) is 13.7. The average Bonchev–Trinajstić information content (AvgIpc) is 2.69. The number of nitrogens with one attached hydrogen (secondary N) is 1. The average molecular weight is 469 g/mol. The molecule has 0 amide bonds. The van der Waals surface area contributed by atoms with Gasteiger partial charge in [0.2, 0.25) is 0 Å². The monoisotopic (exact) mass is 468 g/mol. The Hall–Kier alpha value is -1.43. The van der Waals surface area contributed by atoms with Crippen LogP contribution in [0, 0.1) is 13.8 Å². The SMILES string of the molecule is CCOP(=O)(CN(CCc1ccc(Cl)cc1)C(=S)Nc1ccc(C)c(C)c1)OCC. The topological polar surface area (TPSA) is 50.8 Å². The highest BCUT2D eigenvalue weighted by Crippen LogP contribution is 2.48. The fraction of sp³-hybridized carbons (Fsp3) is 0.409. The van der Waals surface area contributed by atoms with E-state index in [-0.39, 0.29) is 6.29 Å².